The van der Waals surface area contributed by atoms with Crippen molar-refractivity contribution in [3.8, 4) is 0 Å². The fourth-order valence-electron chi connectivity index (χ4n) is 2.79. The number of amides is 1. The van der Waals surface area contributed by atoms with Crippen molar-refractivity contribution in [2.24, 2.45) is 11.7 Å². The minimum absolute atomic E-state index is 0. The molecular formula is C17H21ClF2N4O2. The predicted octanol–water partition coefficient (Wildman–Crippen LogP) is 3.23. The number of nitrogens with zero attached hydrogens (tertiary/aromatic N) is 2. The van der Waals surface area contributed by atoms with Crippen LogP contribution in [0.2, 0.25) is 0 Å². The van der Waals surface area contributed by atoms with Crippen molar-refractivity contribution < 1.29 is 18.1 Å². The molecule has 0 radical (unpaired) electrons. The lowest BCUT2D eigenvalue weighted by Crippen LogP contribution is -2.44. The molecule has 1 heterocycles. The molecule has 9 heteroatoms. The maximum atomic E-state index is 13.8. The first-order valence-corrected chi connectivity index (χ1v) is 8.19. The Morgan fingerprint density at radius 2 is 1.92 bits per heavy atom. The first-order valence-electron chi connectivity index (χ1n) is 8.19. The van der Waals surface area contributed by atoms with E-state index in [1.54, 1.807) is 0 Å². The monoisotopic (exact) mass is 386 g/mol. The van der Waals surface area contributed by atoms with Gasteiger partial charge >= 0.3 is 0 Å². The highest BCUT2D eigenvalue weighted by molar-refractivity contribution is 5.94. The van der Waals surface area contributed by atoms with Crippen LogP contribution in [0, 0.1) is 17.6 Å². The number of rotatable bonds is 5. The van der Waals surface area contributed by atoms with E-state index in [1.807, 2.05) is 13.8 Å². The predicted molar refractivity (Wildman–Crippen MR) is 92.7 cm³/mol. The summed E-state index contributed by atoms with van der Waals surface area (Å²) in [6.07, 6.45) is 2.54. The number of carbonyl (C=O) groups is 1. The summed E-state index contributed by atoms with van der Waals surface area (Å²) in [6, 6.07) is 2.57. The molecule has 1 aliphatic carbocycles. The zero-order valence-corrected chi connectivity index (χ0v) is 15.3. The Kier molecular flexibility index (Phi) is 5.98. The molecule has 1 saturated carbocycles. The Hall–Kier alpha value is -2.06. The number of aromatic nitrogens is 2. The second-order valence-electron chi connectivity index (χ2n) is 6.76. The maximum Gasteiger partial charge on any atom is 0.257 e. The summed E-state index contributed by atoms with van der Waals surface area (Å²) in [5, 5.41) is 6.49. The SMILES string of the molecule is CC(C)C(NC(=O)c1c(F)cccc1F)c1nc(C2(N)CCC2)no1.Cl. The van der Waals surface area contributed by atoms with Crippen molar-refractivity contribution in [1.29, 1.82) is 0 Å². The second kappa shape index (κ2) is 7.67. The van der Waals surface area contributed by atoms with Crippen LogP contribution in [0.1, 0.15) is 61.2 Å². The Balaban J connectivity index is 0.00000243. The molecule has 1 fully saturated rings. The van der Waals surface area contributed by atoms with Crippen LogP contribution in [0.25, 0.3) is 0 Å². The summed E-state index contributed by atoms with van der Waals surface area (Å²) in [4.78, 5) is 16.7. The Morgan fingerprint density at radius 1 is 1.31 bits per heavy atom. The number of carbonyl (C=O) groups excluding carboxylic acids is 1. The molecule has 3 N–H and O–H groups in total. The van der Waals surface area contributed by atoms with Crippen molar-refractivity contribution in [3.05, 3.63) is 47.1 Å². The summed E-state index contributed by atoms with van der Waals surface area (Å²) in [7, 11) is 0. The van der Waals surface area contributed by atoms with Crippen molar-refractivity contribution in [2.75, 3.05) is 0 Å². The van der Waals surface area contributed by atoms with Gasteiger partial charge in [-0.3, -0.25) is 4.79 Å². The van der Waals surface area contributed by atoms with Gasteiger partial charge in [0, 0.05) is 0 Å². The number of nitrogens with two attached hydrogens (primary N) is 1. The smallest absolute Gasteiger partial charge is 0.257 e. The van der Waals surface area contributed by atoms with E-state index in [1.165, 1.54) is 6.07 Å². The quantitative estimate of drug-likeness (QED) is 0.822. The molecule has 1 aromatic heterocycles. The number of hydrogen-bond donors (Lipinski definition) is 2. The van der Waals surface area contributed by atoms with E-state index in [-0.39, 0.29) is 24.2 Å². The van der Waals surface area contributed by atoms with Crippen LogP contribution in [0.5, 0.6) is 0 Å². The van der Waals surface area contributed by atoms with Crippen LogP contribution in [0.15, 0.2) is 22.7 Å². The molecule has 0 bridgehead atoms. The molecule has 1 atom stereocenters. The van der Waals surface area contributed by atoms with E-state index in [0.29, 0.717) is 5.82 Å². The molecule has 3 rings (SSSR count). The minimum atomic E-state index is -0.929. The lowest BCUT2D eigenvalue weighted by molar-refractivity contribution is 0.0905. The fourth-order valence-corrected chi connectivity index (χ4v) is 2.79. The average Bonchev–Trinajstić information content (AvgIpc) is 2.99. The van der Waals surface area contributed by atoms with Crippen LogP contribution in [0.4, 0.5) is 8.78 Å². The molecule has 0 aliphatic heterocycles. The van der Waals surface area contributed by atoms with Crippen molar-refractivity contribution in [3.63, 3.8) is 0 Å². The number of benzene rings is 1. The lowest BCUT2D eigenvalue weighted by Gasteiger charge is -2.34. The third kappa shape index (κ3) is 3.71. The van der Waals surface area contributed by atoms with Gasteiger partial charge in [0.15, 0.2) is 5.82 Å². The van der Waals surface area contributed by atoms with Gasteiger partial charge in [-0.05, 0) is 37.3 Å². The van der Waals surface area contributed by atoms with Crippen LogP contribution in [-0.4, -0.2) is 16.0 Å². The van der Waals surface area contributed by atoms with Gasteiger partial charge in [-0.2, -0.15) is 4.98 Å². The molecule has 26 heavy (non-hydrogen) atoms. The zero-order chi connectivity index (χ0) is 18.2. The number of hydrogen-bond acceptors (Lipinski definition) is 5. The summed E-state index contributed by atoms with van der Waals surface area (Å²) in [6.45, 7) is 3.65. The van der Waals surface area contributed by atoms with Crippen molar-refractivity contribution >= 4 is 18.3 Å². The lowest BCUT2D eigenvalue weighted by atomic mass is 9.77. The summed E-state index contributed by atoms with van der Waals surface area (Å²) >= 11 is 0. The molecule has 0 saturated heterocycles. The molecule has 1 amide bonds. The van der Waals surface area contributed by atoms with Crippen LogP contribution in [0.3, 0.4) is 0 Å². The Labute approximate surface area is 155 Å². The van der Waals surface area contributed by atoms with Gasteiger partial charge in [0.05, 0.1) is 5.54 Å². The first kappa shape index (κ1) is 20.3. The molecule has 1 unspecified atom stereocenters. The van der Waals surface area contributed by atoms with Gasteiger partial charge in [0.1, 0.15) is 23.2 Å². The maximum absolute atomic E-state index is 13.8. The molecule has 2 aromatic rings. The minimum Gasteiger partial charge on any atom is -0.340 e. The van der Waals surface area contributed by atoms with Gasteiger partial charge in [0.2, 0.25) is 5.89 Å². The number of halogens is 3. The van der Waals surface area contributed by atoms with Gasteiger partial charge in [-0.25, -0.2) is 8.78 Å². The average molecular weight is 387 g/mol. The van der Waals surface area contributed by atoms with Gasteiger partial charge in [0.25, 0.3) is 5.91 Å². The number of nitrogens with one attached hydrogen (secondary N) is 1. The van der Waals surface area contributed by atoms with Crippen LogP contribution < -0.4 is 11.1 Å². The largest absolute Gasteiger partial charge is 0.340 e. The van der Waals surface area contributed by atoms with Crippen molar-refractivity contribution in [1.82, 2.24) is 15.5 Å². The van der Waals surface area contributed by atoms with Gasteiger partial charge < -0.3 is 15.6 Å². The topological polar surface area (TPSA) is 94.0 Å². The van der Waals surface area contributed by atoms with Gasteiger partial charge in [-0.1, -0.05) is 25.1 Å². The van der Waals surface area contributed by atoms with E-state index in [0.717, 1.165) is 31.4 Å². The third-order valence-electron chi connectivity index (χ3n) is 4.54. The van der Waals surface area contributed by atoms with Crippen molar-refractivity contribution in [2.45, 2.75) is 44.7 Å². The molecule has 1 aliphatic rings. The highest BCUT2D eigenvalue weighted by atomic mass is 35.5. The van der Waals surface area contributed by atoms with E-state index in [2.05, 4.69) is 15.5 Å². The zero-order valence-electron chi connectivity index (χ0n) is 14.5. The van der Waals surface area contributed by atoms with E-state index >= 15 is 0 Å². The molecule has 1 aromatic carbocycles. The van der Waals surface area contributed by atoms with Crippen LogP contribution in [-0.2, 0) is 5.54 Å². The standard InChI is InChI=1S/C17H20F2N4O2.ClH/c1-9(2)13(15-22-16(23-25-15)17(20)7-4-8-17)21-14(24)12-10(18)5-3-6-11(12)19;/h3,5-6,9,13H,4,7-8,20H2,1-2H3,(H,21,24);1H. The highest BCUT2D eigenvalue weighted by Crippen LogP contribution is 2.37. The third-order valence-corrected chi connectivity index (χ3v) is 4.54. The molecule has 6 nitrogen and oxygen atoms in total. The fraction of sp³-hybridized carbons (Fsp3) is 0.471. The Morgan fingerprint density at radius 3 is 2.42 bits per heavy atom. The summed E-state index contributed by atoms with van der Waals surface area (Å²) in [5.41, 5.74) is 4.95. The summed E-state index contributed by atoms with van der Waals surface area (Å²) in [5.74, 6) is -2.30. The van der Waals surface area contributed by atoms with Gasteiger partial charge in [-0.15, -0.1) is 12.4 Å². The Bertz CT molecular complexity index is 773. The normalized spacial score (nSPS) is 16.5. The second-order valence-corrected chi connectivity index (χ2v) is 6.76. The molecule has 142 valence electrons. The first-order chi connectivity index (χ1) is 11.8. The highest BCUT2D eigenvalue weighted by Gasteiger charge is 2.40. The summed E-state index contributed by atoms with van der Waals surface area (Å²) < 4.78 is 32.9. The van der Waals surface area contributed by atoms with E-state index in [9.17, 15) is 13.6 Å². The molecular weight excluding hydrogens is 366 g/mol. The van der Waals surface area contributed by atoms with E-state index < -0.39 is 34.7 Å². The van der Waals surface area contributed by atoms with E-state index in [4.69, 9.17) is 10.3 Å². The molecule has 0 spiro atoms. The van der Waals surface area contributed by atoms with Crippen LogP contribution >= 0.6 is 12.4 Å².